The molecule has 2 N–H and O–H groups in total. The van der Waals surface area contributed by atoms with Gasteiger partial charge >= 0.3 is 5.97 Å². The molecule has 0 saturated heterocycles. The normalized spacial score (nSPS) is 24.0. The maximum atomic E-state index is 11.7. The van der Waals surface area contributed by atoms with Gasteiger partial charge in [-0.15, -0.1) is 0 Å². The molecular formula is C16H22ClN3O3. The number of anilines is 1. The summed E-state index contributed by atoms with van der Waals surface area (Å²) in [5.41, 5.74) is -0.304. The van der Waals surface area contributed by atoms with Gasteiger partial charge in [-0.25, -0.2) is 9.97 Å². The third-order valence-electron chi connectivity index (χ3n) is 3.95. The highest BCUT2D eigenvalue weighted by Crippen LogP contribution is 2.33. The van der Waals surface area contributed by atoms with Gasteiger partial charge in [-0.3, -0.25) is 4.79 Å². The van der Waals surface area contributed by atoms with Crippen LogP contribution in [0.3, 0.4) is 0 Å². The van der Waals surface area contributed by atoms with Crippen molar-refractivity contribution in [2.24, 2.45) is 0 Å². The van der Waals surface area contributed by atoms with Gasteiger partial charge in [0.2, 0.25) is 5.28 Å². The van der Waals surface area contributed by atoms with Gasteiger partial charge in [-0.05, 0) is 44.2 Å². The fourth-order valence-electron chi connectivity index (χ4n) is 2.93. The quantitative estimate of drug-likeness (QED) is 0.612. The molecule has 0 radical (unpaired) electrons. The summed E-state index contributed by atoms with van der Waals surface area (Å²) in [6.07, 6.45) is 5.98. The summed E-state index contributed by atoms with van der Waals surface area (Å²) in [7, 11) is 0. The van der Waals surface area contributed by atoms with Gasteiger partial charge in [0.05, 0.1) is 18.6 Å². The van der Waals surface area contributed by atoms with E-state index in [1.165, 1.54) is 0 Å². The van der Waals surface area contributed by atoms with Gasteiger partial charge in [0, 0.05) is 17.8 Å². The standard InChI is InChI=1S/C16H22ClN3O3/c1-3-11-10-18-15(17)20-14(11)19-12-6-5-7-16(22,8-12)9-13(21)23-4-2/h3,10,12,22H,1,4-9H2,2H3,(H,18,19,20)/t12?,16-/m1/s1. The summed E-state index contributed by atoms with van der Waals surface area (Å²) in [5, 5.41) is 14.1. The molecule has 0 amide bonds. The van der Waals surface area contributed by atoms with Gasteiger partial charge in [-0.2, -0.15) is 0 Å². The molecule has 6 nitrogen and oxygen atoms in total. The monoisotopic (exact) mass is 339 g/mol. The van der Waals surface area contributed by atoms with Crippen LogP contribution in [0.25, 0.3) is 6.08 Å². The summed E-state index contributed by atoms with van der Waals surface area (Å²) in [4.78, 5) is 19.8. The Hall–Kier alpha value is -1.66. The highest BCUT2D eigenvalue weighted by molar-refractivity contribution is 6.28. The van der Waals surface area contributed by atoms with Gasteiger partial charge in [0.25, 0.3) is 0 Å². The van der Waals surface area contributed by atoms with Crippen molar-refractivity contribution in [1.29, 1.82) is 0 Å². The Kier molecular flexibility index (Phi) is 5.96. The van der Waals surface area contributed by atoms with Crippen LogP contribution >= 0.6 is 11.6 Å². The molecule has 1 aliphatic rings. The molecule has 0 spiro atoms. The highest BCUT2D eigenvalue weighted by Gasteiger charge is 2.37. The first kappa shape index (κ1) is 17.7. The van der Waals surface area contributed by atoms with Crippen molar-refractivity contribution in [3.8, 4) is 0 Å². The topological polar surface area (TPSA) is 84.3 Å². The fraction of sp³-hybridized carbons (Fsp3) is 0.562. The fourth-order valence-corrected chi connectivity index (χ4v) is 3.07. The minimum atomic E-state index is -1.05. The smallest absolute Gasteiger partial charge is 0.308 e. The van der Waals surface area contributed by atoms with Gasteiger partial charge < -0.3 is 15.2 Å². The molecular weight excluding hydrogens is 318 g/mol. The molecule has 0 aromatic carbocycles. The van der Waals surface area contributed by atoms with Crippen molar-refractivity contribution in [1.82, 2.24) is 9.97 Å². The Morgan fingerprint density at radius 3 is 3.17 bits per heavy atom. The van der Waals surface area contributed by atoms with E-state index < -0.39 is 5.60 Å². The molecule has 126 valence electrons. The van der Waals surface area contributed by atoms with Crippen molar-refractivity contribution in [2.45, 2.75) is 50.7 Å². The summed E-state index contributed by atoms with van der Waals surface area (Å²) in [6, 6.07) is -0.00663. The van der Waals surface area contributed by atoms with Crippen LogP contribution in [0.1, 0.15) is 44.6 Å². The van der Waals surface area contributed by atoms with E-state index in [0.717, 1.165) is 18.4 Å². The number of rotatable bonds is 6. The average molecular weight is 340 g/mol. The number of nitrogens with one attached hydrogen (secondary N) is 1. The summed E-state index contributed by atoms with van der Waals surface area (Å²) in [5.74, 6) is 0.220. The zero-order valence-electron chi connectivity index (χ0n) is 13.2. The molecule has 23 heavy (non-hydrogen) atoms. The number of halogens is 1. The number of ether oxygens (including phenoxy) is 1. The van der Waals surface area contributed by atoms with Crippen molar-refractivity contribution < 1.29 is 14.6 Å². The Balaban J connectivity index is 2.05. The molecule has 1 aromatic rings. The number of carbonyl (C=O) groups excluding carboxylic acids is 1. The Morgan fingerprint density at radius 2 is 2.48 bits per heavy atom. The highest BCUT2D eigenvalue weighted by atomic mass is 35.5. The molecule has 2 atom stereocenters. The lowest BCUT2D eigenvalue weighted by molar-refractivity contribution is -0.150. The van der Waals surface area contributed by atoms with Crippen LogP contribution < -0.4 is 5.32 Å². The number of hydrogen-bond acceptors (Lipinski definition) is 6. The van der Waals surface area contributed by atoms with Crippen LogP contribution in [0.2, 0.25) is 5.28 Å². The van der Waals surface area contributed by atoms with Crippen LogP contribution in [0.4, 0.5) is 5.82 Å². The molecule has 2 rings (SSSR count). The van der Waals surface area contributed by atoms with Crippen LogP contribution in [0.15, 0.2) is 12.8 Å². The molecule has 1 aromatic heterocycles. The van der Waals surface area contributed by atoms with Gasteiger partial charge in [0.1, 0.15) is 5.82 Å². The lowest BCUT2D eigenvalue weighted by atomic mass is 9.79. The number of carbonyl (C=O) groups is 1. The summed E-state index contributed by atoms with van der Waals surface area (Å²) < 4.78 is 4.94. The average Bonchev–Trinajstić information content (AvgIpc) is 2.47. The van der Waals surface area contributed by atoms with Crippen molar-refractivity contribution in [3.63, 3.8) is 0 Å². The molecule has 0 bridgehead atoms. The zero-order valence-corrected chi connectivity index (χ0v) is 14.0. The van der Waals surface area contributed by atoms with E-state index in [4.69, 9.17) is 16.3 Å². The van der Waals surface area contributed by atoms with Crippen LogP contribution in [0.5, 0.6) is 0 Å². The first-order chi connectivity index (χ1) is 11.0. The van der Waals surface area contributed by atoms with E-state index in [1.807, 2.05) is 0 Å². The van der Waals surface area contributed by atoms with E-state index in [1.54, 1.807) is 19.2 Å². The minimum Gasteiger partial charge on any atom is -0.466 e. The van der Waals surface area contributed by atoms with Crippen molar-refractivity contribution in [3.05, 3.63) is 23.6 Å². The second-order valence-electron chi connectivity index (χ2n) is 5.79. The van der Waals surface area contributed by atoms with E-state index >= 15 is 0 Å². The summed E-state index contributed by atoms with van der Waals surface area (Å²) >= 11 is 5.84. The Morgan fingerprint density at radius 1 is 1.70 bits per heavy atom. The third-order valence-corrected chi connectivity index (χ3v) is 4.13. The molecule has 1 heterocycles. The number of nitrogens with zero attached hydrogens (tertiary/aromatic N) is 2. The molecule has 1 unspecified atom stereocenters. The largest absolute Gasteiger partial charge is 0.466 e. The first-order valence-corrected chi connectivity index (χ1v) is 8.13. The molecule has 1 fully saturated rings. The third kappa shape index (κ3) is 4.91. The SMILES string of the molecule is C=Cc1cnc(Cl)nc1NC1CCC[C@](O)(CC(=O)OCC)C1. The Bertz CT molecular complexity index is 582. The number of esters is 1. The first-order valence-electron chi connectivity index (χ1n) is 7.75. The Labute approximate surface area is 140 Å². The second-order valence-corrected chi connectivity index (χ2v) is 6.13. The van der Waals surface area contributed by atoms with Gasteiger partial charge in [0.15, 0.2) is 0 Å². The van der Waals surface area contributed by atoms with Crippen LogP contribution in [-0.2, 0) is 9.53 Å². The van der Waals surface area contributed by atoms with E-state index in [2.05, 4.69) is 21.9 Å². The molecule has 7 heteroatoms. The zero-order chi connectivity index (χ0) is 16.9. The van der Waals surface area contributed by atoms with Gasteiger partial charge in [-0.1, -0.05) is 12.7 Å². The molecule has 1 saturated carbocycles. The van der Waals surface area contributed by atoms with Crippen LogP contribution in [0, 0.1) is 0 Å². The maximum Gasteiger partial charge on any atom is 0.308 e. The van der Waals surface area contributed by atoms with Crippen molar-refractivity contribution >= 4 is 29.5 Å². The number of aromatic nitrogens is 2. The number of hydrogen-bond donors (Lipinski definition) is 2. The predicted octanol–water partition coefficient (Wildman–Crippen LogP) is 2.81. The minimum absolute atomic E-state index is 0.00663. The lowest BCUT2D eigenvalue weighted by Crippen LogP contribution is -2.42. The summed E-state index contributed by atoms with van der Waals surface area (Å²) in [6.45, 7) is 5.80. The predicted molar refractivity (Wildman–Crippen MR) is 89.2 cm³/mol. The lowest BCUT2D eigenvalue weighted by Gasteiger charge is -2.36. The van der Waals surface area contributed by atoms with Crippen LogP contribution in [-0.4, -0.2) is 39.3 Å². The van der Waals surface area contributed by atoms with E-state index in [-0.39, 0.29) is 23.7 Å². The molecule has 1 aliphatic carbocycles. The van der Waals surface area contributed by atoms with E-state index in [0.29, 0.717) is 25.3 Å². The second kappa shape index (κ2) is 7.75. The molecule has 0 aliphatic heterocycles. The van der Waals surface area contributed by atoms with E-state index in [9.17, 15) is 9.90 Å². The maximum absolute atomic E-state index is 11.7. The number of aliphatic hydroxyl groups is 1. The van der Waals surface area contributed by atoms with Crippen molar-refractivity contribution in [2.75, 3.05) is 11.9 Å².